The zero-order chi connectivity index (χ0) is 18.8. The average molecular weight is 376 g/mol. The van der Waals surface area contributed by atoms with E-state index in [2.05, 4.69) is 22.2 Å². The van der Waals surface area contributed by atoms with E-state index in [9.17, 15) is 9.59 Å². The van der Waals surface area contributed by atoms with Gasteiger partial charge >= 0.3 is 6.09 Å². The Balaban J connectivity index is 1.81. The Morgan fingerprint density at radius 1 is 1.35 bits per heavy atom. The fourth-order valence-electron chi connectivity index (χ4n) is 2.28. The van der Waals surface area contributed by atoms with Gasteiger partial charge in [-0.25, -0.2) is 9.78 Å². The summed E-state index contributed by atoms with van der Waals surface area (Å²) in [5.41, 5.74) is 1.46. The Morgan fingerprint density at radius 3 is 2.88 bits per heavy atom. The molecule has 0 aliphatic rings. The number of rotatable bonds is 9. The molecule has 0 spiro atoms. The zero-order valence-electron chi connectivity index (χ0n) is 15.1. The Labute approximate surface area is 157 Å². The van der Waals surface area contributed by atoms with Gasteiger partial charge < -0.3 is 9.64 Å². The summed E-state index contributed by atoms with van der Waals surface area (Å²) >= 11 is 1.27. The summed E-state index contributed by atoms with van der Waals surface area (Å²) in [4.78, 5) is 34.2. The number of aromatic nitrogens is 2. The SMILES string of the molecule is CCCCN(CC)C(=O)Cc1csc(NC(=O)OCc2cccnc2)n1. The number of nitrogens with one attached hydrogen (secondary N) is 1. The molecule has 0 aliphatic heterocycles. The van der Waals surface area contributed by atoms with E-state index < -0.39 is 6.09 Å². The van der Waals surface area contributed by atoms with Crippen LogP contribution >= 0.6 is 11.3 Å². The molecular formula is C18H24N4O3S. The van der Waals surface area contributed by atoms with Gasteiger partial charge in [-0.1, -0.05) is 19.4 Å². The summed E-state index contributed by atoms with van der Waals surface area (Å²) in [5.74, 6) is 0.0527. The molecule has 2 heterocycles. The number of pyridine rings is 1. The predicted octanol–water partition coefficient (Wildman–Crippen LogP) is 3.48. The molecule has 0 fully saturated rings. The van der Waals surface area contributed by atoms with Crippen LogP contribution in [-0.2, 0) is 22.6 Å². The molecule has 0 saturated carbocycles. The molecule has 1 N–H and O–H groups in total. The van der Waals surface area contributed by atoms with Crippen molar-refractivity contribution in [2.45, 2.75) is 39.7 Å². The van der Waals surface area contributed by atoms with Crippen molar-refractivity contribution in [1.29, 1.82) is 0 Å². The standard InChI is InChI=1S/C18H24N4O3S/c1-3-5-9-22(4-2)16(23)10-15-13-26-17(20-15)21-18(24)25-12-14-7-6-8-19-11-14/h6-8,11,13H,3-5,9-10,12H2,1-2H3,(H,20,21,24). The smallest absolute Gasteiger partial charge is 0.413 e. The Hall–Kier alpha value is -2.48. The maximum atomic E-state index is 12.3. The van der Waals surface area contributed by atoms with Crippen LogP contribution in [0.15, 0.2) is 29.9 Å². The molecule has 2 aromatic heterocycles. The molecule has 8 heteroatoms. The van der Waals surface area contributed by atoms with Gasteiger partial charge in [-0.2, -0.15) is 0 Å². The summed E-state index contributed by atoms with van der Waals surface area (Å²) < 4.78 is 5.12. The Bertz CT molecular complexity index is 705. The number of thiazole rings is 1. The van der Waals surface area contributed by atoms with Crippen LogP contribution in [-0.4, -0.2) is 40.0 Å². The Kier molecular flexibility index (Phi) is 8.01. The maximum absolute atomic E-state index is 12.3. The molecule has 2 rings (SSSR count). The number of amides is 2. The number of ether oxygens (including phenoxy) is 1. The third-order valence-electron chi connectivity index (χ3n) is 3.70. The minimum Gasteiger partial charge on any atom is -0.444 e. The van der Waals surface area contributed by atoms with Crippen LogP contribution in [0.5, 0.6) is 0 Å². The summed E-state index contributed by atoms with van der Waals surface area (Å²) in [7, 11) is 0. The number of carbonyl (C=O) groups is 2. The van der Waals surface area contributed by atoms with Gasteiger partial charge in [0.2, 0.25) is 5.91 Å². The average Bonchev–Trinajstić information content (AvgIpc) is 3.08. The van der Waals surface area contributed by atoms with Crippen molar-refractivity contribution in [2.75, 3.05) is 18.4 Å². The largest absolute Gasteiger partial charge is 0.444 e. The lowest BCUT2D eigenvalue weighted by Crippen LogP contribution is -2.33. The van der Waals surface area contributed by atoms with Crippen LogP contribution < -0.4 is 5.32 Å². The predicted molar refractivity (Wildman–Crippen MR) is 101 cm³/mol. The number of unbranched alkanes of at least 4 members (excludes halogenated alkanes) is 1. The van der Waals surface area contributed by atoms with Gasteiger partial charge in [-0.05, 0) is 19.4 Å². The molecule has 2 aromatic rings. The van der Waals surface area contributed by atoms with E-state index in [1.54, 1.807) is 23.8 Å². The second kappa shape index (κ2) is 10.5. The normalized spacial score (nSPS) is 10.4. The van der Waals surface area contributed by atoms with Crippen molar-refractivity contribution in [3.05, 3.63) is 41.2 Å². The number of likely N-dealkylation sites (N-methyl/N-ethyl adjacent to an activating group) is 1. The highest BCUT2D eigenvalue weighted by molar-refractivity contribution is 7.13. The number of hydrogen-bond donors (Lipinski definition) is 1. The van der Waals surface area contributed by atoms with E-state index in [1.807, 2.05) is 17.9 Å². The molecule has 2 amide bonds. The molecular weight excluding hydrogens is 352 g/mol. The Morgan fingerprint density at radius 2 is 2.19 bits per heavy atom. The summed E-state index contributed by atoms with van der Waals surface area (Å²) in [5, 5.41) is 4.78. The first kappa shape index (κ1) is 19.8. The third-order valence-corrected chi connectivity index (χ3v) is 4.51. The van der Waals surface area contributed by atoms with Gasteiger partial charge in [-0.3, -0.25) is 15.1 Å². The molecule has 0 saturated heterocycles. The highest BCUT2D eigenvalue weighted by Crippen LogP contribution is 2.17. The molecule has 0 unspecified atom stereocenters. The molecule has 26 heavy (non-hydrogen) atoms. The minimum absolute atomic E-state index is 0.0527. The lowest BCUT2D eigenvalue weighted by molar-refractivity contribution is -0.130. The van der Waals surface area contributed by atoms with Crippen LogP contribution in [0.3, 0.4) is 0 Å². The van der Waals surface area contributed by atoms with Gasteiger partial charge in [0.05, 0.1) is 12.1 Å². The molecule has 0 aliphatic carbocycles. The van der Waals surface area contributed by atoms with E-state index in [0.717, 1.165) is 24.9 Å². The highest BCUT2D eigenvalue weighted by atomic mass is 32.1. The summed E-state index contributed by atoms with van der Waals surface area (Å²) in [6.07, 6.45) is 4.99. The van der Waals surface area contributed by atoms with Crippen molar-refractivity contribution in [3.8, 4) is 0 Å². The van der Waals surface area contributed by atoms with E-state index in [0.29, 0.717) is 17.4 Å². The topological polar surface area (TPSA) is 84.4 Å². The van der Waals surface area contributed by atoms with E-state index in [4.69, 9.17) is 4.74 Å². The van der Waals surface area contributed by atoms with Crippen LogP contribution in [0.4, 0.5) is 9.93 Å². The first-order valence-electron chi connectivity index (χ1n) is 8.67. The number of hydrogen-bond acceptors (Lipinski definition) is 6. The second-order valence-electron chi connectivity index (χ2n) is 5.71. The zero-order valence-corrected chi connectivity index (χ0v) is 15.9. The van der Waals surface area contributed by atoms with E-state index in [-0.39, 0.29) is 18.9 Å². The molecule has 0 bridgehead atoms. The van der Waals surface area contributed by atoms with Crippen molar-refractivity contribution in [1.82, 2.24) is 14.9 Å². The monoisotopic (exact) mass is 376 g/mol. The van der Waals surface area contributed by atoms with Gasteiger partial charge in [0, 0.05) is 36.4 Å². The van der Waals surface area contributed by atoms with Gasteiger partial charge in [0.25, 0.3) is 0 Å². The first-order chi connectivity index (χ1) is 12.6. The molecule has 0 aromatic carbocycles. The summed E-state index contributed by atoms with van der Waals surface area (Å²) in [6, 6.07) is 3.60. The van der Waals surface area contributed by atoms with Crippen LogP contribution in [0.25, 0.3) is 0 Å². The number of anilines is 1. The minimum atomic E-state index is -0.584. The van der Waals surface area contributed by atoms with Crippen molar-refractivity contribution in [3.63, 3.8) is 0 Å². The fraction of sp³-hybridized carbons (Fsp3) is 0.444. The van der Waals surface area contributed by atoms with Crippen molar-refractivity contribution >= 4 is 28.5 Å². The maximum Gasteiger partial charge on any atom is 0.413 e. The molecule has 140 valence electrons. The molecule has 0 radical (unpaired) electrons. The van der Waals surface area contributed by atoms with Gasteiger partial charge in [0.15, 0.2) is 5.13 Å². The number of nitrogens with zero attached hydrogens (tertiary/aromatic N) is 3. The lowest BCUT2D eigenvalue weighted by atomic mass is 10.2. The van der Waals surface area contributed by atoms with Gasteiger partial charge in [-0.15, -0.1) is 11.3 Å². The molecule has 0 atom stereocenters. The van der Waals surface area contributed by atoms with Crippen LogP contribution in [0.1, 0.15) is 37.9 Å². The van der Waals surface area contributed by atoms with Crippen LogP contribution in [0.2, 0.25) is 0 Å². The second-order valence-corrected chi connectivity index (χ2v) is 6.57. The third kappa shape index (κ3) is 6.44. The fourth-order valence-corrected chi connectivity index (χ4v) is 2.97. The quantitative estimate of drug-likeness (QED) is 0.724. The van der Waals surface area contributed by atoms with E-state index >= 15 is 0 Å². The van der Waals surface area contributed by atoms with Gasteiger partial charge in [0.1, 0.15) is 6.61 Å². The molecule has 7 nitrogen and oxygen atoms in total. The first-order valence-corrected chi connectivity index (χ1v) is 9.55. The van der Waals surface area contributed by atoms with Crippen LogP contribution in [0, 0.1) is 0 Å². The van der Waals surface area contributed by atoms with Crippen molar-refractivity contribution < 1.29 is 14.3 Å². The number of carbonyl (C=O) groups excluding carboxylic acids is 2. The summed E-state index contributed by atoms with van der Waals surface area (Å²) in [6.45, 7) is 5.67. The highest BCUT2D eigenvalue weighted by Gasteiger charge is 2.15. The van der Waals surface area contributed by atoms with E-state index in [1.165, 1.54) is 11.3 Å². The van der Waals surface area contributed by atoms with Crippen molar-refractivity contribution in [2.24, 2.45) is 0 Å². The lowest BCUT2D eigenvalue weighted by Gasteiger charge is -2.20.